The number of aromatic nitrogens is 1. The fourth-order valence-electron chi connectivity index (χ4n) is 2.80. The van der Waals surface area contributed by atoms with Gasteiger partial charge < -0.3 is 10.0 Å². The molecule has 1 fully saturated rings. The summed E-state index contributed by atoms with van der Waals surface area (Å²) in [5.74, 6) is 0.664. The summed E-state index contributed by atoms with van der Waals surface area (Å²) < 4.78 is 0. The number of nitrogens with zero attached hydrogens (tertiary/aromatic N) is 3. The van der Waals surface area contributed by atoms with E-state index in [1.165, 1.54) is 0 Å². The molecule has 2 N–H and O–H groups in total. The topological polar surface area (TPSA) is 60.8 Å². The van der Waals surface area contributed by atoms with E-state index >= 15 is 0 Å². The maximum absolute atomic E-state index is 11.2. The van der Waals surface area contributed by atoms with E-state index < -0.39 is 5.60 Å². The molecule has 5 nitrogen and oxygen atoms in total. The lowest BCUT2D eigenvalue weighted by atomic mass is 9.83. The second kappa shape index (κ2) is 6.89. The first-order chi connectivity index (χ1) is 11.2. The average Bonchev–Trinajstić information content (AvgIpc) is 2.60. The van der Waals surface area contributed by atoms with Crippen LogP contribution >= 0.6 is 0 Å². The van der Waals surface area contributed by atoms with Crippen LogP contribution < -0.4 is 5.43 Å². The molecular weight excluding hydrogens is 288 g/mol. The van der Waals surface area contributed by atoms with E-state index in [1.54, 1.807) is 6.20 Å². The van der Waals surface area contributed by atoms with Crippen molar-refractivity contribution in [1.82, 2.24) is 9.88 Å². The number of rotatable bonds is 4. The number of likely N-dealkylation sites (tertiary alicyclic amines) is 1. The molecule has 0 spiro atoms. The SMILES string of the molecule is CN1CCC(O)(/C(=N\Nc2ccccn2)c2ccccc2)CC1. The molecule has 3 rings (SSSR count). The van der Waals surface area contributed by atoms with E-state index in [9.17, 15) is 5.11 Å². The minimum absolute atomic E-state index is 0.664. The third kappa shape index (κ3) is 3.75. The zero-order valence-corrected chi connectivity index (χ0v) is 13.3. The van der Waals surface area contributed by atoms with Crippen molar-refractivity contribution in [3.8, 4) is 0 Å². The number of anilines is 1. The van der Waals surface area contributed by atoms with Crippen LogP contribution in [0.4, 0.5) is 5.82 Å². The summed E-state index contributed by atoms with van der Waals surface area (Å²) in [6.07, 6.45) is 3.05. The van der Waals surface area contributed by atoms with Gasteiger partial charge >= 0.3 is 0 Å². The molecule has 0 radical (unpaired) electrons. The van der Waals surface area contributed by atoms with Crippen molar-refractivity contribution in [2.45, 2.75) is 18.4 Å². The quantitative estimate of drug-likeness (QED) is 0.672. The molecule has 0 unspecified atom stereocenters. The molecular formula is C18H22N4O. The fourth-order valence-corrected chi connectivity index (χ4v) is 2.80. The second-order valence-electron chi connectivity index (χ2n) is 5.99. The van der Waals surface area contributed by atoms with E-state index in [2.05, 4.69) is 27.5 Å². The Kier molecular flexibility index (Phi) is 4.69. The molecule has 2 aromatic rings. The Morgan fingerprint density at radius 1 is 1.13 bits per heavy atom. The summed E-state index contributed by atoms with van der Waals surface area (Å²) >= 11 is 0. The van der Waals surface area contributed by atoms with E-state index in [1.807, 2.05) is 48.5 Å². The van der Waals surface area contributed by atoms with Gasteiger partial charge in [-0.3, -0.25) is 5.43 Å². The third-order valence-electron chi connectivity index (χ3n) is 4.25. The Hall–Kier alpha value is -2.24. The van der Waals surface area contributed by atoms with Crippen molar-refractivity contribution in [2.75, 3.05) is 25.6 Å². The molecule has 1 aromatic carbocycles. The van der Waals surface area contributed by atoms with Gasteiger partial charge in [0.15, 0.2) is 0 Å². The predicted molar refractivity (Wildman–Crippen MR) is 92.5 cm³/mol. The summed E-state index contributed by atoms with van der Waals surface area (Å²) in [5, 5.41) is 15.7. The van der Waals surface area contributed by atoms with Crippen LogP contribution in [0.2, 0.25) is 0 Å². The smallest absolute Gasteiger partial charge is 0.146 e. The first-order valence-electron chi connectivity index (χ1n) is 7.89. The molecule has 0 atom stereocenters. The maximum atomic E-state index is 11.2. The molecule has 5 heteroatoms. The Labute approximate surface area is 136 Å². The Morgan fingerprint density at radius 2 is 1.83 bits per heavy atom. The highest BCUT2D eigenvalue weighted by atomic mass is 16.3. The van der Waals surface area contributed by atoms with Crippen LogP contribution in [0.25, 0.3) is 0 Å². The van der Waals surface area contributed by atoms with Crippen LogP contribution in [0.15, 0.2) is 59.8 Å². The van der Waals surface area contributed by atoms with Crippen LogP contribution in [0.5, 0.6) is 0 Å². The molecule has 1 aromatic heterocycles. The molecule has 1 aliphatic heterocycles. The van der Waals surface area contributed by atoms with E-state index in [-0.39, 0.29) is 0 Å². The van der Waals surface area contributed by atoms with Crippen molar-refractivity contribution >= 4 is 11.5 Å². The minimum Gasteiger partial charge on any atom is -0.383 e. The number of piperidine rings is 1. The van der Waals surface area contributed by atoms with Gasteiger partial charge in [-0.15, -0.1) is 0 Å². The number of nitrogens with one attached hydrogen (secondary N) is 1. The Balaban J connectivity index is 1.91. The van der Waals surface area contributed by atoms with Crippen molar-refractivity contribution < 1.29 is 5.11 Å². The fraction of sp³-hybridized carbons (Fsp3) is 0.333. The lowest BCUT2D eigenvalue weighted by molar-refractivity contribution is 0.0441. The molecule has 0 amide bonds. The van der Waals surface area contributed by atoms with E-state index in [0.717, 1.165) is 18.7 Å². The Bertz CT molecular complexity index is 649. The predicted octanol–water partition coefficient (Wildman–Crippen LogP) is 2.35. The molecule has 2 heterocycles. The summed E-state index contributed by atoms with van der Waals surface area (Å²) in [6, 6.07) is 15.5. The molecule has 1 saturated heterocycles. The molecule has 0 saturated carbocycles. The average molecular weight is 310 g/mol. The molecule has 23 heavy (non-hydrogen) atoms. The number of hydrazone groups is 1. The van der Waals surface area contributed by atoms with E-state index in [0.29, 0.717) is 24.4 Å². The standard InChI is InChI=1S/C18H22N4O/c1-22-13-10-18(23,11-14-22)17(15-7-3-2-4-8-15)21-20-16-9-5-6-12-19-16/h2-9,12,23H,10-11,13-14H2,1H3,(H,19,20)/b21-17-. The van der Waals surface area contributed by atoms with Gasteiger partial charge in [0.1, 0.15) is 11.4 Å². The van der Waals surface area contributed by atoms with Gasteiger partial charge in [-0.2, -0.15) is 5.10 Å². The summed E-state index contributed by atoms with van der Waals surface area (Å²) in [5.41, 5.74) is 3.67. The van der Waals surface area contributed by atoms with Crippen molar-refractivity contribution in [3.63, 3.8) is 0 Å². The van der Waals surface area contributed by atoms with Gasteiger partial charge in [-0.25, -0.2) is 4.98 Å². The van der Waals surface area contributed by atoms with Crippen LogP contribution in [-0.4, -0.2) is 46.4 Å². The summed E-state index contributed by atoms with van der Waals surface area (Å²) in [4.78, 5) is 6.44. The van der Waals surface area contributed by atoms with Crippen LogP contribution in [0, 0.1) is 0 Å². The Morgan fingerprint density at radius 3 is 2.48 bits per heavy atom. The number of benzene rings is 1. The zero-order chi connectivity index (χ0) is 16.1. The van der Waals surface area contributed by atoms with Crippen LogP contribution in [-0.2, 0) is 0 Å². The van der Waals surface area contributed by atoms with Gasteiger partial charge in [0.25, 0.3) is 0 Å². The van der Waals surface area contributed by atoms with Crippen molar-refractivity contribution in [1.29, 1.82) is 0 Å². The maximum Gasteiger partial charge on any atom is 0.146 e. The van der Waals surface area contributed by atoms with Crippen LogP contribution in [0.1, 0.15) is 18.4 Å². The van der Waals surface area contributed by atoms with Crippen LogP contribution in [0.3, 0.4) is 0 Å². The zero-order valence-electron chi connectivity index (χ0n) is 13.3. The highest BCUT2D eigenvalue weighted by Crippen LogP contribution is 2.27. The number of pyridine rings is 1. The first kappa shape index (κ1) is 15.6. The summed E-state index contributed by atoms with van der Waals surface area (Å²) in [6.45, 7) is 1.71. The minimum atomic E-state index is -0.921. The third-order valence-corrected chi connectivity index (χ3v) is 4.25. The van der Waals surface area contributed by atoms with Gasteiger partial charge in [0.05, 0.1) is 5.71 Å². The molecule has 120 valence electrons. The monoisotopic (exact) mass is 310 g/mol. The van der Waals surface area contributed by atoms with Crippen molar-refractivity contribution in [3.05, 3.63) is 60.3 Å². The van der Waals surface area contributed by atoms with Gasteiger partial charge in [0, 0.05) is 24.8 Å². The summed E-state index contributed by atoms with van der Waals surface area (Å²) in [7, 11) is 2.07. The molecule has 1 aliphatic rings. The van der Waals surface area contributed by atoms with Gasteiger partial charge in [-0.05, 0) is 32.0 Å². The number of hydrogen-bond acceptors (Lipinski definition) is 5. The lowest BCUT2D eigenvalue weighted by Crippen LogP contribution is -2.49. The highest BCUT2D eigenvalue weighted by Gasteiger charge is 2.37. The molecule has 0 bridgehead atoms. The lowest BCUT2D eigenvalue weighted by Gasteiger charge is -2.37. The largest absolute Gasteiger partial charge is 0.383 e. The molecule has 0 aliphatic carbocycles. The number of aliphatic hydroxyl groups is 1. The highest BCUT2D eigenvalue weighted by molar-refractivity contribution is 6.06. The first-order valence-corrected chi connectivity index (χ1v) is 7.89. The van der Waals surface area contributed by atoms with Crippen molar-refractivity contribution in [2.24, 2.45) is 5.10 Å². The number of hydrogen-bond donors (Lipinski definition) is 2. The van der Waals surface area contributed by atoms with Gasteiger partial charge in [-0.1, -0.05) is 36.4 Å². The normalized spacial score (nSPS) is 18.6. The second-order valence-corrected chi connectivity index (χ2v) is 5.99. The van der Waals surface area contributed by atoms with E-state index in [4.69, 9.17) is 0 Å². The van der Waals surface area contributed by atoms with Gasteiger partial charge in [0.2, 0.25) is 0 Å².